The Labute approximate surface area is 123 Å². The first-order chi connectivity index (χ1) is 9.69. The zero-order valence-corrected chi connectivity index (χ0v) is 12.5. The van der Waals surface area contributed by atoms with Crippen LogP contribution in [-0.4, -0.2) is 49.6 Å². The first kappa shape index (κ1) is 19.7. The Morgan fingerprint density at radius 2 is 1.90 bits per heavy atom. The average molecular weight is 311 g/mol. The summed E-state index contributed by atoms with van der Waals surface area (Å²) in [4.78, 5) is 24.2. The van der Waals surface area contributed by atoms with Crippen molar-refractivity contribution in [1.29, 1.82) is 0 Å². The smallest absolute Gasteiger partial charge is 0.345 e. The minimum absolute atomic E-state index is 0.257. The van der Waals surface area contributed by atoms with Crippen molar-refractivity contribution in [2.75, 3.05) is 26.7 Å². The average Bonchev–Trinajstić information content (AvgIpc) is 2.39. The van der Waals surface area contributed by atoms with Crippen LogP contribution < -0.4 is 11.1 Å². The zero-order chi connectivity index (χ0) is 16.5. The van der Waals surface area contributed by atoms with Crippen molar-refractivity contribution in [2.45, 2.75) is 38.8 Å². The van der Waals surface area contributed by atoms with E-state index in [0.29, 0.717) is 18.9 Å². The topological polar surface area (TPSA) is 75.4 Å². The third kappa shape index (κ3) is 10.1. The lowest BCUT2D eigenvalue weighted by Crippen LogP contribution is -2.41. The van der Waals surface area contributed by atoms with E-state index < -0.39 is 18.6 Å². The molecule has 1 unspecified atom stereocenters. The standard InChI is InChI=1S/C13H24F3N3O2/c1-3-10(6-7-17)4-5-12(21)19(2)8-11(20)18-9-13(14,15)16/h10H,3-9,17H2,1-2H3,(H,18,20). The number of nitrogens with two attached hydrogens (primary N) is 1. The molecule has 0 rings (SSSR count). The fraction of sp³-hybridized carbons (Fsp3) is 0.846. The largest absolute Gasteiger partial charge is 0.405 e. The molecule has 0 heterocycles. The van der Waals surface area contributed by atoms with E-state index in [9.17, 15) is 22.8 Å². The molecule has 0 fully saturated rings. The third-order valence-electron chi connectivity index (χ3n) is 3.21. The second-order valence-corrected chi connectivity index (χ2v) is 5.03. The molecule has 3 N–H and O–H groups in total. The van der Waals surface area contributed by atoms with Gasteiger partial charge in [0, 0.05) is 13.5 Å². The highest BCUT2D eigenvalue weighted by Gasteiger charge is 2.28. The summed E-state index contributed by atoms with van der Waals surface area (Å²) in [5.74, 6) is -0.726. The second-order valence-electron chi connectivity index (χ2n) is 5.03. The van der Waals surface area contributed by atoms with Gasteiger partial charge in [-0.15, -0.1) is 0 Å². The van der Waals surface area contributed by atoms with E-state index in [-0.39, 0.29) is 18.9 Å². The second kappa shape index (κ2) is 9.59. The number of likely N-dealkylation sites (N-methyl/N-ethyl adjacent to an activating group) is 1. The highest BCUT2D eigenvalue weighted by atomic mass is 19.4. The summed E-state index contributed by atoms with van der Waals surface area (Å²) < 4.78 is 35.8. The summed E-state index contributed by atoms with van der Waals surface area (Å²) in [5, 5.41) is 1.73. The Bertz CT molecular complexity index is 335. The molecule has 8 heteroatoms. The van der Waals surface area contributed by atoms with Crippen LogP contribution in [0.5, 0.6) is 0 Å². The Balaban J connectivity index is 4.06. The van der Waals surface area contributed by atoms with E-state index in [1.54, 1.807) is 5.32 Å². The lowest BCUT2D eigenvalue weighted by atomic mass is 9.96. The summed E-state index contributed by atoms with van der Waals surface area (Å²) in [6.45, 7) is 0.812. The number of rotatable bonds is 9. The van der Waals surface area contributed by atoms with Gasteiger partial charge in [-0.3, -0.25) is 9.59 Å². The molecule has 0 spiro atoms. The van der Waals surface area contributed by atoms with E-state index in [1.165, 1.54) is 7.05 Å². The Hall–Kier alpha value is -1.31. The summed E-state index contributed by atoms with van der Waals surface area (Å²) >= 11 is 0. The summed E-state index contributed by atoms with van der Waals surface area (Å²) in [6, 6.07) is 0. The van der Waals surface area contributed by atoms with E-state index in [0.717, 1.165) is 17.7 Å². The van der Waals surface area contributed by atoms with Crippen molar-refractivity contribution in [3.05, 3.63) is 0 Å². The van der Waals surface area contributed by atoms with Crippen LogP contribution in [-0.2, 0) is 9.59 Å². The van der Waals surface area contributed by atoms with Crippen LogP contribution in [0.4, 0.5) is 13.2 Å². The molecule has 0 aliphatic heterocycles. The number of carbonyl (C=O) groups is 2. The minimum atomic E-state index is -4.45. The molecule has 21 heavy (non-hydrogen) atoms. The molecule has 0 aromatic rings. The van der Waals surface area contributed by atoms with Crippen LogP contribution in [0, 0.1) is 5.92 Å². The number of alkyl halides is 3. The lowest BCUT2D eigenvalue weighted by Gasteiger charge is -2.19. The van der Waals surface area contributed by atoms with Crippen LogP contribution in [0.25, 0.3) is 0 Å². The number of hydrogen-bond acceptors (Lipinski definition) is 3. The highest BCUT2D eigenvalue weighted by Crippen LogP contribution is 2.15. The SMILES string of the molecule is CCC(CCN)CCC(=O)N(C)CC(=O)NCC(F)(F)F. The molecule has 0 saturated heterocycles. The summed E-state index contributed by atoms with van der Waals surface area (Å²) in [7, 11) is 1.40. The minimum Gasteiger partial charge on any atom is -0.345 e. The molecule has 1 atom stereocenters. The number of halogens is 3. The molecule has 0 aliphatic carbocycles. The Kier molecular flexibility index (Phi) is 9.00. The summed E-state index contributed by atoms with van der Waals surface area (Å²) in [5.41, 5.74) is 5.47. The number of amides is 2. The lowest BCUT2D eigenvalue weighted by molar-refractivity contribution is -0.141. The maximum atomic E-state index is 11.9. The van der Waals surface area contributed by atoms with Gasteiger partial charge in [0.25, 0.3) is 0 Å². The molecule has 0 bridgehead atoms. The molecule has 0 saturated carbocycles. The van der Waals surface area contributed by atoms with Crippen LogP contribution in [0.3, 0.4) is 0 Å². The quantitative estimate of drug-likeness (QED) is 0.673. The van der Waals surface area contributed by atoms with Gasteiger partial charge in [-0.25, -0.2) is 0 Å². The van der Waals surface area contributed by atoms with E-state index in [2.05, 4.69) is 0 Å². The van der Waals surface area contributed by atoms with Crippen molar-refractivity contribution in [3.8, 4) is 0 Å². The van der Waals surface area contributed by atoms with Gasteiger partial charge in [-0.05, 0) is 25.3 Å². The molecule has 5 nitrogen and oxygen atoms in total. The fourth-order valence-electron chi connectivity index (χ4n) is 1.87. The van der Waals surface area contributed by atoms with Gasteiger partial charge in [-0.1, -0.05) is 13.3 Å². The highest BCUT2D eigenvalue weighted by molar-refractivity contribution is 5.84. The van der Waals surface area contributed by atoms with Crippen molar-refractivity contribution in [3.63, 3.8) is 0 Å². The van der Waals surface area contributed by atoms with E-state index in [1.807, 2.05) is 6.92 Å². The number of nitrogens with one attached hydrogen (secondary N) is 1. The van der Waals surface area contributed by atoms with Gasteiger partial charge >= 0.3 is 6.18 Å². The normalized spacial score (nSPS) is 12.9. The van der Waals surface area contributed by atoms with E-state index in [4.69, 9.17) is 5.73 Å². The van der Waals surface area contributed by atoms with Crippen LogP contribution in [0.1, 0.15) is 32.6 Å². The number of hydrogen-bond donors (Lipinski definition) is 2. The predicted octanol–water partition coefficient (Wildman–Crippen LogP) is 1.28. The first-order valence-corrected chi connectivity index (χ1v) is 6.97. The summed E-state index contributed by atoms with van der Waals surface area (Å²) in [6.07, 6.45) is -1.77. The monoisotopic (exact) mass is 311 g/mol. The predicted molar refractivity (Wildman–Crippen MR) is 73.4 cm³/mol. The molecular weight excluding hydrogens is 287 g/mol. The Morgan fingerprint density at radius 1 is 1.29 bits per heavy atom. The molecule has 0 aromatic carbocycles. The van der Waals surface area contributed by atoms with Crippen LogP contribution >= 0.6 is 0 Å². The van der Waals surface area contributed by atoms with Gasteiger partial charge in [0.15, 0.2) is 0 Å². The zero-order valence-electron chi connectivity index (χ0n) is 12.5. The molecule has 2 amide bonds. The number of nitrogens with zero attached hydrogens (tertiary/aromatic N) is 1. The van der Waals surface area contributed by atoms with Gasteiger partial charge in [0.2, 0.25) is 11.8 Å². The molecule has 0 aromatic heterocycles. The van der Waals surface area contributed by atoms with Gasteiger partial charge in [-0.2, -0.15) is 13.2 Å². The van der Waals surface area contributed by atoms with Crippen molar-refractivity contribution in [2.24, 2.45) is 11.7 Å². The van der Waals surface area contributed by atoms with Gasteiger partial charge in [0.05, 0.1) is 6.54 Å². The molecule has 0 aliphatic rings. The maximum Gasteiger partial charge on any atom is 0.405 e. The molecule has 0 radical (unpaired) electrons. The van der Waals surface area contributed by atoms with Crippen molar-refractivity contribution >= 4 is 11.8 Å². The molecule has 124 valence electrons. The maximum absolute atomic E-state index is 11.9. The molecular formula is C13H24F3N3O2. The third-order valence-corrected chi connectivity index (χ3v) is 3.21. The van der Waals surface area contributed by atoms with Crippen LogP contribution in [0.2, 0.25) is 0 Å². The van der Waals surface area contributed by atoms with Crippen LogP contribution in [0.15, 0.2) is 0 Å². The fourth-order valence-corrected chi connectivity index (χ4v) is 1.87. The van der Waals surface area contributed by atoms with Crippen molar-refractivity contribution in [1.82, 2.24) is 10.2 Å². The number of carbonyl (C=O) groups excluding carboxylic acids is 2. The first-order valence-electron chi connectivity index (χ1n) is 6.97. The van der Waals surface area contributed by atoms with Gasteiger partial charge in [0.1, 0.15) is 6.54 Å². The Morgan fingerprint density at radius 3 is 2.38 bits per heavy atom. The van der Waals surface area contributed by atoms with Gasteiger partial charge < -0.3 is 16.0 Å². The van der Waals surface area contributed by atoms with E-state index >= 15 is 0 Å². The van der Waals surface area contributed by atoms with Crippen molar-refractivity contribution < 1.29 is 22.8 Å².